The highest BCUT2D eigenvalue weighted by molar-refractivity contribution is 5.88. The van der Waals surface area contributed by atoms with E-state index in [1.165, 1.54) is 39.5 Å². The zero-order valence-electron chi connectivity index (χ0n) is 12.4. The Morgan fingerprint density at radius 1 is 1.29 bits per heavy atom. The Balaban J connectivity index is 1.83. The largest absolute Gasteiger partial charge is 0.464 e. The second kappa shape index (κ2) is 6.26. The molecule has 1 aliphatic heterocycles. The Kier molecular flexibility index (Phi) is 4.20. The molecule has 0 N–H and O–H groups in total. The van der Waals surface area contributed by atoms with Crippen LogP contribution in [0.3, 0.4) is 0 Å². The van der Waals surface area contributed by atoms with E-state index in [0.29, 0.717) is 5.69 Å². The maximum absolute atomic E-state index is 11.9. The molecule has 0 unspecified atom stereocenters. The summed E-state index contributed by atoms with van der Waals surface area (Å²) in [5, 5.41) is 0. The van der Waals surface area contributed by atoms with Crippen molar-refractivity contribution >= 4 is 11.5 Å². The monoisotopic (exact) mass is 287 g/mol. The summed E-state index contributed by atoms with van der Waals surface area (Å²) in [7, 11) is 1.41. The Hall–Kier alpha value is -1.88. The van der Waals surface area contributed by atoms with Crippen LogP contribution in [0.5, 0.6) is 0 Å². The molecule has 0 bridgehead atoms. The fraction of sp³-hybridized carbons (Fsp3) is 0.500. The van der Waals surface area contributed by atoms with Gasteiger partial charge in [0.15, 0.2) is 0 Å². The highest BCUT2D eigenvalue weighted by atomic mass is 16.5. The van der Waals surface area contributed by atoms with Crippen molar-refractivity contribution in [2.75, 3.05) is 26.7 Å². The molecule has 0 atom stereocenters. The number of rotatable bonds is 4. The Morgan fingerprint density at radius 3 is 2.86 bits per heavy atom. The topological polar surface area (TPSA) is 46.8 Å². The summed E-state index contributed by atoms with van der Waals surface area (Å²) in [4.78, 5) is 18.9. The molecule has 0 aromatic carbocycles. The van der Waals surface area contributed by atoms with E-state index in [4.69, 9.17) is 4.74 Å². The fourth-order valence-electron chi connectivity index (χ4n) is 2.99. The minimum atomic E-state index is -0.321. The minimum Gasteiger partial charge on any atom is -0.464 e. The van der Waals surface area contributed by atoms with Gasteiger partial charge in [-0.1, -0.05) is 12.5 Å². The number of carbonyl (C=O) groups is 1. The molecule has 0 spiro atoms. The number of pyridine rings is 1. The highest BCUT2D eigenvalue weighted by Crippen LogP contribution is 2.14. The molecule has 1 saturated heterocycles. The number of fused-ring (bicyclic) bond motifs is 1. The lowest BCUT2D eigenvalue weighted by Gasteiger charge is -2.26. The van der Waals surface area contributed by atoms with E-state index in [9.17, 15) is 4.79 Å². The molecule has 5 nitrogen and oxygen atoms in total. The van der Waals surface area contributed by atoms with Crippen LogP contribution in [0.15, 0.2) is 24.4 Å². The van der Waals surface area contributed by atoms with Crippen LogP contribution in [0.4, 0.5) is 0 Å². The minimum absolute atomic E-state index is 0.321. The van der Waals surface area contributed by atoms with Crippen molar-refractivity contribution < 1.29 is 9.53 Å². The van der Waals surface area contributed by atoms with Gasteiger partial charge in [0.25, 0.3) is 0 Å². The molecule has 21 heavy (non-hydrogen) atoms. The first-order valence-electron chi connectivity index (χ1n) is 7.55. The first kappa shape index (κ1) is 14.1. The lowest BCUT2D eigenvalue weighted by atomic mass is 10.1. The summed E-state index contributed by atoms with van der Waals surface area (Å²) in [5.74, 6) is 0.606. The zero-order valence-corrected chi connectivity index (χ0v) is 12.4. The summed E-state index contributed by atoms with van der Waals surface area (Å²) in [6, 6.07) is 5.60. The van der Waals surface area contributed by atoms with E-state index in [2.05, 4.69) is 9.88 Å². The van der Waals surface area contributed by atoms with Crippen molar-refractivity contribution in [2.24, 2.45) is 0 Å². The van der Waals surface area contributed by atoms with Crippen LogP contribution in [0, 0.1) is 0 Å². The number of carbonyl (C=O) groups excluding carboxylic acids is 1. The molecule has 2 aromatic rings. The normalized spacial score (nSPS) is 16.2. The second-order valence-corrected chi connectivity index (χ2v) is 5.49. The first-order valence-corrected chi connectivity index (χ1v) is 7.55. The van der Waals surface area contributed by atoms with Crippen LogP contribution in [-0.4, -0.2) is 47.0 Å². The predicted octanol–water partition coefficient (Wildman–Crippen LogP) is 2.15. The van der Waals surface area contributed by atoms with Gasteiger partial charge in [-0.15, -0.1) is 0 Å². The van der Waals surface area contributed by atoms with Crippen molar-refractivity contribution in [3.05, 3.63) is 35.9 Å². The van der Waals surface area contributed by atoms with Crippen LogP contribution < -0.4 is 0 Å². The SMILES string of the molecule is COC(=O)c1cccc2cnc(CCN3CCCCC3)n12. The van der Waals surface area contributed by atoms with Crippen LogP contribution in [-0.2, 0) is 11.2 Å². The van der Waals surface area contributed by atoms with Gasteiger partial charge in [-0.25, -0.2) is 9.78 Å². The van der Waals surface area contributed by atoms with Crippen molar-refractivity contribution in [2.45, 2.75) is 25.7 Å². The molecule has 0 radical (unpaired) electrons. The standard InChI is InChI=1S/C16H21N3O2/c1-21-16(20)14-7-5-6-13-12-17-15(19(13)14)8-11-18-9-3-2-4-10-18/h5-7,12H,2-4,8-11H2,1H3. The van der Waals surface area contributed by atoms with Gasteiger partial charge in [-0.3, -0.25) is 4.40 Å². The average Bonchev–Trinajstić information content (AvgIpc) is 2.96. The molecule has 0 saturated carbocycles. The molecule has 0 aliphatic carbocycles. The van der Waals surface area contributed by atoms with E-state index in [1.54, 1.807) is 6.07 Å². The van der Waals surface area contributed by atoms with Crippen molar-refractivity contribution in [1.29, 1.82) is 0 Å². The fourth-order valence-corrected chi connectivity index (χ4v) is 2.99. The van der Waals surface area contributed by atoms with Crippen molar-refractivity contribution in [3.63, 3.8) is 0 Å². The van der Waals surface area contributed by atoms with Crippen molar-refractivity contribution in [3.8, 4) is 0 Å². The first-order chi connectivity index (χ1) is 10.3. The summed E-state index contributed by atoms with van der Waals surface area (Å²) in [6.07, 6.45) is 6.58. The van der Waals surface area contributed by atoms with Gasteiger partial charge in [0.2, 0.25) is 0 Å². The van der Waals surface area contributed by atoms with E-state index >= 15 is 0 Å². The number of nitrogens with zero attached hydrogens (tertiary/aromatic N) is 3. The molecule has 0 amide bonds. The maximum atomic E-state index is 11.9. The highest BCUT2D eigenvalue weighted by Gasteiger charge is 2.15. The average molecular weight is 287 g/mol. The van der Waals surface area contributed by atoms with E-state index in [1.807, 2.05) is 22.7 Å². The number of imidazole rings is 1. The van der Waals surface area contributed by atoms with Gasteiger partial charge in [0.1, 0.15) is 11.5 Å². The van der Waals surface area contributed by atoms with Crippen molar-refractivity contribution in [1.82, 2.24) is 14.3 Å². The van der Waals surface area contributed by atoms with Gasteiger partial charge in [-0.05, 0) is 38.1 Å². The van der Waals surface area contributed by atoms with E-state index < -0.39 is 0 Å². The van der Waals surface area contributed by atoms with Gasteiger partial charge in [-0.2, -0.15) is 0 Å². The zero-order chi connectivity index (χ0) is 14.7. The third-order valence-corrected chi connectivity index (χ3v) is 4.12. The van der Waals surface area contributed by atoms with E-state index in [0.717, 1.165) is 24.3 Å². The number of methoxy groups -OCH3 is 1. The van der Waals surface area contributed by atoms with Crippen LogP contribution in [0.25, 0.3) is 5.52 Å². The number of hydrogen-bond acceptors (Lipinski definition) is 4. The molecule has 1 fully saturated rings. The molecule has 2 aromatic heterocycles. The number of esters is 1. The Bertz CT molecular complexity index is 629. The molecule has 1 aliphatic rings. The molecule has 3 heterocycles. The van der Waals surface area contributed by atoms with Crippen LogP contribution >= 0.6 is 0 Å². The van der Waals surface area contributed by atoms with Gasteiger partial charge >= 0.3 is 5.97 Å². The Labute approximate surface area is 124 Å². The Morgan fingerprint density at radius 2 is 2.10 bits per heavy atom. The molecule has 112 valence electrons. The molecule has 5 heteroatoms. The smallest absolute Gasteiger partial charge is 0.355 e. The summed E-state index contributed by atoms with van der Waals surface area (Å²) in [6.45, 7) is 3.34. The molecular formula is C16H21N3O2. The predicted molar refractivity (Wildman–Crippen MR) is 80.5 cm³/mol. The number of hydrogen-bond donors (Lipinski definition) is 0. The summed E-state index contributed by atoms with van der Waals surface area (Å²) >= 11 is 0. The molecular weight excluding hydrogens is 266 g/mol. The number of piperidine rings is 1. The third kappa shape index (κ3) is 2.93. The second-order valence-electron chi connectivity index (χ2n) is 5.49. The van der Waals surface area contributed by atoms with Gasteiger partial charge in [0.05, 0.1) is 18.8 Å². The summed E-state index contributed by atoms with van der Waals surface area (Å²) in [5.41, 5.74) is 1.48. The van der Waals surface area contributed by atoms with Gasteiger partial charge in [0, 0.05) is 13.0 Å². The quantitative estimate of drug-likeness (QED) is 0.808. The third-order valence-electron chi connectivity index (χ3n) is 4.12. The number of ether oxygens (including phenoxy) is 1. The van der Waals surface area contributed by atoms with Crippen LogP contribution in [0.1, 0.15) is 35.6 Å². The van der Waals surface area contributed by atoms with E-state index in [-0.39, 0.29) is 5.97 Å². The van der Waals surface area contributed by atoms with Gasteiger partial charge < -0.3 is 9.64 Å². The van der Waals surface area contributed by atoms with Crippen LogP contribution in [0.2, 0.25) is 0 Å². The molecule has 3 rings (SSSR count). The lowest BCUT2D eigenvalue weighted by Crippen LogP contribution is -2.31. The number of aromatic nitrogens is 2. The summed E-state index contributed by atoms with van der Waals surface area (Å²) < 4.78 is 6.78. The lowest BCUT2D eigenvalue weighted by molar-refractivity contribution is 0.0592. The number of likely N-dealkylation sites (tertiary alicyclic amines) is 1. The maximum Gasteiger partial charge on any atom is 0.355 e.